The lowest BCUT2D eigenvalue weighted by Gasteiger charge is -2.43. The molecule has 1 aliphatic heterocycles. The molecule has 0 N–H and O–H groups in total. The number of rotatable bonds is 6. The number of carbonyl (C=O) groups excluding carboxylic acids is 2. The van der Waals surface area contributed by atoms with Crippen LogP contribution in [0.1, 0.15) is 57.1 Å². The Morgan fingerprint density at radius 1 is 1.09 bits per heavy atom. The van der Waals surface area contributed by atoms with Gasteiger partial charge in [0.15, 0.2) is 5.78 Å². The number of hydrogen-bond acceptors (Lipinski definition) is 3. The number of nitrogens with zero attached hydrogens (tertiary/aromatic N) is 1. The van der Waals surface area contributed by atoms with E-state index < -0.39 is 0 Å². The molecule has 0 saturated heterocycles. The second kappa shape index (κ2) is 8.78. The van der Waals surface area contributed by atoms with Crippen LogP contribution in [0.3, 0.4) is 0 Å². The summed E-state index contributed by atoms with van der Waals surface area (Å²) in [6.45, 7) is 10.4. The maximum atomic E-state index is 13.6. The van der Waals surface area contributed by atoms with Crippen molar-refractivity contribution in [3.63, 3.8) is 0 Å². The number of benzene rings is 2. The quantitative estimate of drug-likeness (QED) is 0.531. The van der Waals surface area contributed by atoms with Crippen molar-refractivity contribution >= 4 is 17.4 Å². The van der Waals surface area contributed by atoms with E-state index in [1.165, 1.54) is 0 Å². The maximum Gasteiger partial charge on any atom is 0.232 e. The SMILES string of the molecule is C=CCOc1ccc(C2CC(=O)N(c3ccccc3CC)C3=C2C(=O)CC(C)(C)C3)cc1. The molecule has 166 valence electrons. The monoisotopic (exact) mass is 429 g/mol. The van der Waals surface area contributed by atoms with Gasteiger partial charge in [0.1, 0.15) is 12.4 Å². The molecule has 0 aromatic heterocycles. The molecule has 0 radical (unpaired) electrons. The summed E-state index contributed by atoms with van der Waals surface area (Å²) in [6, 6.07) is 15.8. The van der Waals surface area contributed by atoms with Gasteiger partial charge in [-0.3, -0.25) is 14.5 Å². The van der Waals surface area contributed by atoms with Crippen LogP contribution in [-0.2, 0) is 16.0 Å². The van der Waals surface area contributed by atoms with Crippen LogP contribution in [0.5, 0.6) is 5.75 Å². The summed E-state index contributed by atoms with van der Waals surface area (Å²) < 4.78 is 5.60. The lowest BCUT2D eigenvalue weighted by molar-refractivity contribution is -0.121. The fourth-order valence-electron chi connectivity index (χ4n) is 4.96. The molecule has 4 rings (SSSR count). The summed E-state index contributed by atoms with van der Waals surface area (Å²) in [4.78, 5) is 28.9. The van der Waals surface area contributed by atoms with Crippen molar-refractivity contribution in [1.29, 1.82) is 0 Å². The third-order valence-electron chi connectivity index (χ3n) is 6.41. The number of para-hydroxylation sites is 1. The molecule has 4 heteroatoms. The molecule has 32 heavy (non-hydrogen) atoms. The van der Waals surface area contributed by atoms with Gasteiger partial charge in [-0.05, 0) is 47.6 Å². The number of hydrogen-bond donors (Lipinski definition) is 0. The molecular formula is C28H31NO3. The number of ketones is 1. The molecule has 1 amide bonds. The lowest BCUT2D eigenvalue weighted by Crippen LogP contribution is -2.44. The van der Waals surface area contributed by atoms with Gasteiger partial charge in [0.25, 0.3) is 0 Å². The van der Waals surface area contributed by atoms with E-state index in [1.54, 1.807) is 6.08 Å². The Morgan fingerprint density at radius 3 is 2.50 bits per heavy atom. The zero-order valence-corrected chi connectivity index (χ0v) is 19.2. The highest BCUT2D eigenvalue weighted by molar-refractivity contribution is 6.08. The number of aryl methyl sites for hydroxylation is 1. The lowest BCUT2D eigenvalue weighted by atomic mass is 9.69. The Hall–Kier alpha value is -3.14. The van der Waals surface area contributed by atoms with Crippen LogP contribution in [-0.4, -0.2) is 18.3 Å². The molecular weight excluding hydrogens is 398 g/mol. The molecule has 2 aliphatic rings. The first-order valence-electron chi connectivity index (χ1n) is 11.4. The highest BCUT2D eigenvalue weighted by Crippen LogP contribution is 2.48. The number of anilines is 1. The first-order valence-corrected chi connectivity index (χ1v) is 11.4. The van der Waals surface area contributed by atoms with Gasteiger partial charge < -0.3 is 4.74 Å². The molecule has 2 aromatic rings. The number of amides is 1. The molecule has 1 heterocycles. The van der Waals surface area contributed by atoms with Crippen LogP contribution < -0.4 is 9.64 Å². The fourth-order valence-corrected chi connectivity index (χ4v) is 4.96. The minimum absolute atomic E-state index is 0.0483. The van der Waals surface area contributed by atoms with E-state index >= 15 is 0 Å². The minimum Gasteiger partial charge on any atom is -0.490 e. The normalized spacial score (nSPS) is 20.2. The standard InChI is InChI=1S/C28H31NO3/c1-5-15-32-21-13-11-20(12-14-21)22-16-26(31)29(23-10-8-7-9-19(23)6-2)24-17-28(3,4)18-25(30)27(22)24/h5,7-14,22H,1,6,15-18H2,2-4H3. The predicted octanol–water partition coefficient (Wildman–Crippen LogP) is 5.98. The van der Waals surface area contributed by atoms with Crippen LogP contribution in [0.15, 0.2) is 72.5 Å². The van der Waals surface area contributed by atoms with Gasteiger partial charge >= 0.3 is 0 Å². The van der Waals surface area contributed by atoms with Crippen LogP contribution in [0.2, 0.25) is 0 Å². The van der Waals surface area contributed by atoms with Crippen LogP contribution in [0.4, 0.5) is 5.69 Å². The molecule has 0 bridgehead atoms. The summed E-state index contributed by atoms with van der Waals surface area (Å²) in [5, 5.41) is 0. The average molecular weight is 430 g/mol. The summed E-state index contributed by atoms with van der Waals surface area (Å²) >= 11 is 0. The van der Waals surface area contributed by atoms with Crippen molar-refractivity contribution < 1.29 is 14.3 Å². The van der Waals surface area contributed by atoms with E-state index in [4.69, 9.17) is 4.74 Å². The van der Waals surface area contributed by atoms with Crippen molar-refractivity contribution in [2.24, 2.45) is 5.41 Å². The Kier molecular flexibility index (Phi) is 6.05. The highest BCUT2D eigenvalue weighted by atomic mass is 16.5. The van der Waals surface area contributed by atoms with Crippen LogP contribution in [0, 0.1) is 5.41 Å². The Labute approximate surface area is 190 Å². The van der Waals surface area contributed by atoms with Crippen molar-refractivity contribution in [2.45, 2.75) is 52.4 Å². The minimum atomic E-state index is -0.223. The van der Waals surface area contributed by atoms with Crippen molar-refractivity contribution in [3.05, 3.63) is 83.6 Å². The molecule has 2 aromatic carbocycles. The molecule has 0 saturated carbocycles. The summed E-state index contributed by atoms with van der Waals surface area (Å²) in [7, 11) is 0. The van der Waals surface area contributed by atoms with Crippen LogP contribution >= 0.6 is 0 Å². The number of allylic oxidation sites excluding steroid dienone is 2. The highest BCUT2D eigenvalue weighted by Gasteiger charge is 2.44. The van der Waals surface area contributed by atoms with Crippen molar-refractivity contribution in [1.82, 2.24) is 0 Å². The molecule has 0 fully saturated rings. The molecule has 1 atom stereocenters. The largest absolute Gasteiger partial charge is 0.490 e. The predicted molar refractivity (Wildman–Crippen MR) is 128 cm³/mol. The van der Waals surface area contributed by atoms with Gasteiger partial charge in [0.2, 0.25) is 5.91 Å². The summed E-state index contributed by atoms with van der Waals surface area (Å²) in [5.41, 5.74) is 4.50. The summed E-state index contributed by atoms with van der Waals surface area (Å²) in [5.74, 6) is 0.728. The number of carbonyl (C=O) groups is 2. The number of Topliss-reactive ketones (excluding diaryl/α,β-unsaturated/α-hetero) is 1. The zero-order valence-electron chi connectivity index (χ0n) is 19.2. The van der Waals surface area contributed by atoms with Gasteiger partial charge in [-0.15, -0.1) is 0 Å². The van der Waals surface area contributed by atoms with E-state index in [2.05, 4.69) is 33.4 Å². The topological polar surface area (TPSA) is 46.6 Å². The van der Waals surface area contributed by atoms with Gasteiger partial charge in [0, 0.05) is 30.0 Å². The molecule has 0 spiro atoms. The maximum absolute atomic E-state index is 13.6. The van der Waals surface area contributed by atoms with Gasteiger partial charge in [-0.1, -0.05) is 63.8 Å². The second-order valence-electron chi connectivity index (χ2n) is 9.44. The third-order valence-corrected chi connectivity index (χ3v) is 6.41. The van der Waals surface area contributed by atoms with Gasteiger partial charge in [-0.2, -0.15) is 0 Å². The number of ether oxygens (including phenoxy) is 1. The first-order chi connectivity index (χ1) is 15.3. The fraction of sp³-hybridized carbons (Fsp3) is 0.357. The van der Waals surface area contributed by atoms with Gasteiger partial charge in [-0.25, -0.2) is 0 Å². The van der Waals surface area contributed by atoms with E-state index in [9.17, 15) is 9.59 Å². The summed E-state index contributed by atoms with van der Waals surface area (Å²) in [6.07, 6.45) is 4.02. The van der Waals surface area contributed by atoms with E-state index in [0.29, 0.717) is 19.4 Å². The first kappa shape index (κ1) is 22.1. The molecule has 1 aliphatic carbocycles. The van der Waals surface area contributed by atoms with E-state index in [0.717, 1.165) is 40.3 Å². The Balaban J connectivity index is 1.82. The van der Waals surface area contributed by atoms with Gasteiger partial charge in [0.05, 0.1) is 5.69 Å². The Bertz CT molecular complexity index is 1080. The van der Waals surface area contributed by atoms with Crippen molar-refractivity contribution in [3.8, 4) is 5.75 Å². The second-order valence-corrected chi connectivity index (χ2v) is 9.44. The average Bonchev–Trinajstić information content (AvgIpc) is 2.76. The zero-order chi connectivity index (χ0) is 22.9. The Morgan fingerprint density at radius 2 is 1.81 bits per heavy atom. The third kappa shape index (κ3) is 4.14. The molecule has 1 unspecified atom stereocenters. The smallest absolute Gasteiger partial charge is 0.232 e. The van der Waals surface area contributed by atoms with E-state index in [-0.39, 0.29) is 29.4 Å². The van der Waals surface area contributed by atoms with Crippen LogP contribution in [0.25, 0.3) is 0 Å². The molecule has 4 nitrogen and oxygen atoms in total. The van der Waals surface area contributed by atoms with E-state index in [1.807, 2.05) is 47.4 Å². The van der Waals surface area contributed by atoms with Crippen molar-refractivity contribution in [2.75, 3.05) is 11.5 Å².